The van der Waals surface area contributed by atoms with Crippen molar-refractivity contribution >= 4 is 10.8 Å². The van der Waals surface area contributed by atoms with Gasteiger partial charge in [-0.25, -0.2) is 0 Å². The minimum Gasteiger partial charge on any atom is -0.493 e. The third kappa shape index (κ3) is 3.79. The Morgan fingerprint density at radius 1 is 1.14 bits per heavy atom. The zero-order valence-corrected chi connectivity index (χ0v) is 13.1. The zero-order chi connectivity index (χ0) is 15.2. The molecule has 1 heterocycles. The van der Waals surface area contributed by atoms with Crippen LogP contribution in [-0.2, 0) is 0 Å². The summed E-state index contributed by atoms with van der Waals surface area (Å²) < 4.78 is 5.99. The van der Waals surface area contributed by atoms with E-state index in [4.69, 9.17) is 4.74 Å². The number of hydrogen-bond donors (Lipinski definition) is 1. The van der Waals surface area contributed by atoms with Crippen molar-refractivity contribution in [2.24, 2.45) is 5.92 Å². The van der Waals surface area contributed by atoms with Crippen LogP contribution in [0.2, 0.25) is 0 Å². The lowest BCUT2D eigenvalue weighted by atomic mass is 9.99. The minimum atomic E-state index is 0.322. The fourth-order valence-corrected chi connectivity index (χ4v) is 3.30. The third-order valence-electron chi connectivity index (χ3n) is 4.49. The van der Waals surface area contributed by atoms with Crippen molar-refractivity contribution in [3.63, 3.8) is 0 Å². The molecule has 3 nitrogen and oxygen atoms in total. The topological polar surface area (TPSA) is 32.7 Å². The van der Waals surface area contributed by atoms with Crippen LogP contribution in [0.15, 0.2) is 42.5 Å². The average Bonchev–Trinajstić information content (AvgIpc) is 2.59. The van der Waals surface area contributed by atoms with Crippen LogP contribution < -0.4 is 4.74 Å². The molecule has 1 aliphatic heterocycles. The molecule has 1 N–H and O–H groups in total. The van der Waals surface area contributed by atoms with E-state index < -0.39 is 0 Å². The quantitative estimate of drug-likeness (QED) is 0.831. The van der Waals surface area contributed by atoms with Crippen molar-refractivity contribution < 1.29 is 9.84 Å². The van der Waals surface area contributed by atoms with Crippen LogP contribution in [0, 0.1) is 5.92 Å². The molecule has 22 heavy (non-hydrogen) atoms. The van der Waals surface area contributed by atoms with Gasteiger partial charge in [-0.1, -0.05) is 36.4 Å². The summed E-state index contributed by atoms with van der Waals surface area (Å²) >= 11 is 0. The molecule has 1 aliphatic rings. The van der Waals surface area contributed by atoms with Gasteiger partial charge in [-0.2, -0.15) is 0 Å². The number of rotatable bonds is 6. The number of benzene rings is 2. The molecule has 0 aliphatic carbocycles. The van der Waals surface area contributed by atoms with Gasteiger partial charge < -0.3 is 14.7 Å². The predicted molar refractivity (Wildman–Crippen MR) is 90.3 cm³/mol. The van der Waals surface area contributed by atoms with Gasteiger partial charge in [-0.15, -0.1) is 0 Å². The van der Waals surface area contributed by atoms with E-state index in [1.54, 1.807) is 0 Å². The number of likely N-dealkylation sites (tertiary alicyclic amines) is 1. The Morgan fingerprint density at radius 2 is 2.00 bits per heavy atom. The third-order valence-corrected chi connectivity index (χ3v) is 4.49. The fourth-order valence-electron chi connectivity index (χ4n) is 3.30. The van der Waals surface area contributed by atoms with Gasteiger partial charge in [-0.3, -0.25) is 0 Å². The minimum absolute atomic E-state index is 0.322. The van der Waals surface area contributed by atoms with E-state index in [9.17, 15) is 5.11 Å². The maximum atomic E-state index is 9.28. The maximum absolute atomic E-state index is 9.28. The smallest absolute Gasteiger partial charge is 0.127 e. The first-order valence-corrected chi connectivity index (χ1v) is 8.30. The summed E-state index contributed by atoms with van der Waals surface area (Å²) in [4.78, 5) is 2.46. The highest BCUT2D eigenvalue weighted by atomic mass is 16.5. The van der Waals surface area contributed by atoms with Gasteiger partial charge in [0.25, 0.3) is 0 Å². The second kappa shape index (κ2) is 7.61. The van der Waals surface area contributed by atoms with Crippen molar-refractivity contribution in [3.05, 3.63) is 42.5 Å². The first-order valence-electron chi connectivity index (χ1n) is 8.30. The highest BCUT2D eigenvalue weighted by Crippen LogP contribution is 2.25. The molecule has 3 heteroatoms. The highest BCUT2D eigenvalue weighted by molar-refractivity contribution is 5.88. The van der Waals surface area contributed by atoms with Gasteiger partial charge in [0.15, 0.2) is 0 Å². The Morgan fingerprint density at radius 3 is 2.91 bits per heavy atom. The maximum Gasteiger partial charge on any atom is 0.127 e. The lowest BCUT2D eigenvalue weighted by molar-refractivity contribution is 0.115. The van der Waals surface area contributed by atoms with Crippen molar-refractivity contribution in [1.82, 2.24) is 4.90 Å². The molecule has 1 unspecified atom stereocenters. The average molecular weight is 299 g/mol. The van der Waals surface area contributed by atoms with E-state index in [-0.39, 0.29) is 0 Å². The van der Waals surface area contributed by atoms with Crippen LogP contribution in [0.1, 0.15) is 19.3 Å². The first-order chi connectivity index (χ1) is 10.9. The van der Waals surface area contributed by atoms with Crippen molar-refractivity contribution in [1.29, 1.82) is 0 Å². The van der Waals surface area contributed by atoms with Crippen LogP contribution in [0.3, 0.4) is 0 Å². The van der Waals surface area contributed by atoms with Gasteiger partial charge >= 0.3 is 0 Å². The van der Waals surface area contributed by atoms with Gasteiger partial charge in [0, 0.05) is 25.1 Å². The van der Waals surface area contributed by atoms with E-state index >= 15 is 0 Å². The van der Waals surface area contributed by atoms with Gasteiger partial charge in [0.05, 0.1) is 6.61 Å². The number of hydrogen-bond acceptors (Lipinski definition) is 3. The van der Waals surface area contributed by atoms with Crippen molar-refractivity contribution in [2.45, 2.75) is 19.3 Å². The van der Waals surface area contributed by atoms with Gasteiger partial charge in [-0.05, 0) is 43.2 Å². The molecule has 118 valence electrons. The summed E-state index contributed by atoms with van der Waals surface area (Å²) in [6.45, 7) is 4.31. The number of aliphatic hydroxyl groups excluding tert-OH is 1. The summed E-state index contributed by atoms with van der Waals surface area (Å²) in [5, 5.41) is 11.7. The molecule has 0 radical (unpaired) electrons. The first kappa shape index (κ1) is 15.3. The summed E-state index contributed by atoms with van der Waals surface area (Å²) in [6, 6.07) is 14.5. The van der Waals surface area contributed by atoms with E-state index in [0.717, 1.165) is 38.4 Å². The molecule has 1 atom stereocenters. The number of aliphatic hydroxyl groups is 1. The van der Waals surface area contributed by atoms with Crippen molar-refractivity contribution in [2.75, 3.05) is 32.8 Å². The number of ether oxygens (including phenoxy) is 1. The monoisotopic (exact) mass is 299 g/mol. The van der Waals surface area contributed by atoms with E-state index in [1.165, 1.54) is 23.6 Å². The van der Waals surface area contributed by atoms with Gasteiger partial charge in [0.2, 0.25) is 0 Å². The highest BCUT2D eigenvalue weighted by Gasteiger charge is 2.18. The molecule has 1 saturated heterocycles. The van der Waals surface area contributed by atoms with Crippen LogP contribution >= 0.6 is 0 Å². The number of fused-ring (bicyclic) bond motifs is 1. The molecule has 3 rings (SSSR count). The van der Waals surface area contributed by atoms with E-state index in [0.29, 0.717) is 12.5 Å². The SMILES string of the molecule is OCC1CCCN(CCCOc2cccc3ccccc23)C1. The molecular weight excluding hydrogens is 274 g/mol. The second-order valence-electron chi connectivity index (χ2n) is 6.17. The van der Waals surface area contributed by atoms with E-state index in [1.807, 2.05) is 12.1 Å². The predicted octanol–water partition coefficient (Wildman–Crippen LogP) is 3.31. The normalized spacial score (nSPS) is 19.4. The molecule has 2 aromatic carbocycles. The summed E-state index contributed by atoms with van der Waals surface area (Å²) in [5.74, 6) is 1.44. The fraction of sp³-hybridized carbons (Fsp3) is 0.474. The number of nitrogens with zero attached hydrogens (tertiary/aromatic N) is 1. The molecule has 0 amide bonds. The zero-order valence-electron chi connectivity index (χ0n) is 13.1. The molecule has 0 saturated carbocycles. The van der Waals surface area contributed by atoms with Crippen LogP contribution in [0.5, 0.6) is 5.75 Å². The Kier molecular flexibility index (Phi) is 5.30. The van der Waals surface area contributed by atoms with E-state index in [2.05, 4.69) is 35.2 Å². The lowest BCUT2D eigenvalue weighted by Crippen LogP contribution is -2.37. The van der Waals surface area contributed by atoms with Crippen molar-refractivity contribution in [3.8, 4) is 5.75 Å². The largest absolute Gasteiger partial charge is 0.493 e. The van der Waals surface area contributed by atoms with Crippen LogP contribution in [0.4, 0.5) is 0 Å². The molecule has 0 spiro atoms. The second-order valence-corrected chi connectivity index (χ2v) is 6.17. The number of piperidine rings is 1. The van der Waals surface area contributed by atoms with Crippen LogP contribution in [0.25, 0.3) is 10.8 Å². The molecule has 2 aromatic rings. The Hall–Kier alpha value is -1.58. The van der Waals surface area contributed by atoms with Gasteiger partial charge in [0.1, 0.15) is 5.75 Å². The Balaban J connectivity index is 1.48. The summed E-state index contributed by atoms with van der Waals surface area (Å²) in [6.07, 6.45) is 3.40. The molecule has 1 fully saturated rings. The molecular formula is C19H25NO2. The summed E-state index contributed by atoms with van der Waals surface area (Å²) in [5.41, 5.74) is 0. The Labute approximate surface area is 132 Å². The standard InChI is InChI=1S/C19H25NO2/c21-15-16-6-4-11-20(14-16)12-5-13-22-19-10-3-8-17-7-1-2-9-18(17)19/h1-3,7-10,16,21H,4-6,11-15H2. The Bertz CT molecular complexity index is 594. The lowest BCUT2D eigenvalue weighted by Gasteiger charge is -2.31. The summed E-state index contributed by atoms with van der Waals surface area (Å²) in [7, 11) is 0. The molecule has 0 aromatic heterocycles. The molecule has 0 bridgehead atoms. The van der Waals surface area contributed by atoms with Crippen LogP contribution in [-0.4, -0.2) is 42.9 Å².